The summed E-state index contributed by atoms with van der Waals surface area (Å²) >= 11 is 5.85. The van der Waals surface area contributed by atoms with Gasteiger partial charge in [0.05, 0.1) is 18.8 Å². The Morgan fingerprint density at radius 1 is 1.23 bits per heavy atom. The molecule has 8 nitrogen and oxygen atoms in total. The fourth-order valence-corrected chi connectivity index (χ4v) is 4.32. The van der Waals surface area contributed by atoms with Crippen molar-refractivity contribution in [1.82, 2.24) is 15.2 Å². The summed E-state index contributed by atoms with van der Waals surface area (Å²) in [6.45, 7) is 11.9. The number of amides is 2. The molecule has 9 heteroatoms. The Hall–Kier alpha value is -3.46. The highest BCUT2D eigenvalue weighted by atomic mass is 35.5. The van der Waals surface area contributed by atoms with Crippen LogP contribution in [0.15, 0.2) is 78.5 Å². The molecule has 1 aliphatic heterocycles. The highest BCUT2D eigenvalue weighted by Crippen LogP contribution is 2.28. The second kappa shape index (κ2) is 15.8. The number of aromatic nitrogens is 1. The average Bonchev–Trinajstić information content (AvgIpc) is 3.46. The molecule has 3 unspecified atom stereocenters. The molecule has 2 aromatic rings. The number of hydrogen-bond acceptors (Lipinski definition) is 6. The first-order chi connectivity index (χ1) is 18.8. The van der Waals surface area contributed by atoms with Crippen molar-refractivity contribution in [3.63, 3.8) is 0 Å². The maximum Gasteiger partial charge on any atom is 0.255 e. The number of carbonyl (C=O) groups excluding carboxylic acids is 2. The summed E-state index contributed by atoms with van der Waals surface area (Å²) in [6, 6.07) is 10.8. The molecule has 39 heavy (non-hydrogen) atoms. The molecule has 3 rings (SSSR count). The summed E-state index contributed by atoms with van der Waals surface area (Å²) in [5.74, 6) is -0.882. The number of benzene rings is 1. The van der Waals surface area contributed by atoms with Crippen LogP contribution in [0.1, 0.15) is 38.7 Å². The SMILES string of the molecule is C=CC(=CCC(=C)Cl)C1CCCN1C(=O)C(O)C(O)C(=O)NCc1ccc(-c2ccccc2OC)nc1.CC. The van der Waals surface area contributed by atoms with Gasteiger partial charge in [0, 0.05) is 36.3 Å². The summed E-state index contributed by atoms with van der Waals surface area (Å²) in [7, 11) is 1.59. The van der Waals surface area contributed by atoms with Crippen LogP contribution in [-0.2, 0) is 16.1 Å². The van der Waals surface area contributed by atoms with Crippen molar-refractivity contribution in [2.45, 2.75) is 57.9 Å². The largest absolute Gasteiger partial charge is 0.496 e. The number of carbonyl (C=O) groups is 2. The van der Waals surface area contributed by atoms with Crippen LogP contribution in [0.2, 0.25) is 0 Å². The summed E-state index contributed by atoms with van der Waals surface area (Å²) in [5, 5.41) is 23.9. The van der Waals surface area contributed by atoms with E-state index in [9.17, 15) is 19.8 Å². The number of aliphatic hydroxyl groups excluding tert-OH is 2. The van der Waals surface area contributed by atoms with Crippen LogP contribution < -0.4 is 10.1 Å². The van der Waals surface area contributed by atoms with Crippen molar-refractivity contribution < 1.29 is 24.5 Å². The first kappa shape index (κ1) is 31.8. The minimum atomic E-state index is -1.92. The maximum atomic E-state index is 13.0. The fourth-order valence-electron chi connectivity index (χ4n) is 4.25. The van der Waals surface area contributed by atoms with Gasteiger partial charge in [-0.1, -0.05) is 69.0 Å². The number of hydrogen-bond donors (Lipinski definition) is 3. The van der Waals surface area contributed by atoms with Crippen molar-refractivity contribution >= 4 is 23.4 Å². The van der Waals surface area contributed by atoms with Crippen molar-refractivity contribution in [2.75, 3.05) is 13.7 Å². The second-order valence-corrected chi connectivity index (χ2v) is 9.21. The molecule has 2 amide bonds. The standard InChI is InChI=1S/C28H32ClN3O5.C2H6/c1-4-20(13-11-18(2)29)23-9-7-15-32(23)28(36)26(34)25(33)27(35)31-17-19-12-14-22(30-16-19)21-8-5-6-10-24(21)37-3;1-2/h4-6,8,10,12-14,16,23,25-26,33-34H,1-2,7,9,11,15,17H2,3H3,(H,31,35);1-2H3. The van der Waals surface area contributed by atoms with Gasteiger partial charge in [0.1, 0.15) is 5.75 Å². The van der Waals surface area contributed by atoms with Gasteiger partial charge in [-0.25, -0.2) is 0 Å². The Morgan fingerprint density at radius 3 is 2.56 bits per heavy atom. The molecule has 0 saturated carbocycles. The van der Waals surface area contributed by atoms with Gasteiger partial charge >= 0.3 is 0 Å². The molecule has 0 aliphatic carbocycles. The Bertz CT molecular complexity index is 1170. The van der Waals surface area contributed by atoms with E-state index < -0.39 is 24.0 Å². The molecule has 1 aromatic carbocycles. The van der Waals surface area contributed by atoms with Crippen molar-refractivity contribution in [2.24, 2.45) is 0 Å². The molecule has 1 aliphatic rings. The lowest BCUT2D eigenvalue weighted by Gasteiger charge is -2.29. The first-order valence-corrected chi connectivity index (χ1v) is 13.3. The van der Waals surface area contributed by atoms with Crippen molar-refractivity contribution in [3.8, 4) is 17.0 Å². The van der Waals surface area contributed by atoms with E-state index in [0.29, 0.717) is 41.4 Å². The monoisotopic (exact) mass is 555 g/mol. The van der Waals surface area contributed by atoms with Gasteiger partial charge in [-0.15, -0.1) is 0 Å². The highest BCUT2D eigenvalue weighted by Gasteiger charge is 2.38. The summed E-state index contributed by atoms with van der Waals surface area (Å²) in [5.41, 5.74) is 3.00. The van der Waals surface area contributed by atoms with Crippen LogP contribution in [0.3, 0.4) is 0 Å². The van der Waals surface area contributed by atoms with Crippen LogP contribution in [0.5, 0.6) is 5.75 Å². The number of pyridine rings is 1. The normalized spacial score (nSPS) is 16.4. The Morgan fingerprint density at radius 2 is 1.95 bits per heavy atom. The molecule has 0 bridgehead atoms. The van der Waals surface area contributed by atoms with Crippen LogP contribution in [0.25, 0.3) is 11.3 Å². The molecule has 2 heterocycles. The Kier molecular flexibility index (Phi) is 12.9. The molecule has 0 radical (unpaired) electrons. The number of allylic oxidation sites excluding steroid dienone is 2. The van der Waals surface area contributed by atoms with Crippen LogP contribution in [0.4, 0.5) is 0 Å². The number of likely N-dealkylation sites (tertiary alicyclic amines) is 1. The summed E-state index contributed by atoms with van der Waals surface area (Å²) in [4.78, 5) is 31.4. The molecule has 210 valence electrons. The third-order valence-corrected chi connectivity index (χ3v) is 6.37. The van der Waals surface area contributed by atoms with E-state index >= 15 is 0 Å². The lowest BCUT2D eigenvalue weighted by molar-refractivity contribution is -0.153. The molecular formula is C30H38ClN3O5. The van der Waals surface area contributed by atoms with E-state index in [-0.39, 0.29) is 12.6 Å². The lowest BCUT2D eigenvalue weighted by Crippen LogP contribution is -2.52. The van der Waals surface area contributed by atoms with Crippen LogP contribution >= 0.6 is 11.6 Å². The van der Waals surface area contributed by atoms with Gasteiger partial charge < -0.3 is 25.2 Å². The zero-order chi connectivity index (χ0) is 28.9. The molecule has 1 saturated heterocycles. The Balaban J connectivity index is 0.00000260. The highest BCUT2D eigenvalue weighted by molar-refractivity contribution is 6.29. The van der Waals surface area contributed by atoms with Gasteiger partial charge in [0.25, 0.3) is 11.8 Å². The second-order valence-electron chi connectivity index (χ2n) is 8.68. The predicted octanol–water partition coefficient (Wildman–Crippen LogP) is 4.37. The Labute approximate surface area is 235 Å². The van der Waals surface area contributed by atoms with E-state index in [1.807, 2.05) is 44.2 Å². The first-order valence-electron chi connectivity index (χ1n) is 12.9. The van der Waals surface area contributed by atoms with Gasteiger partial charge in [-0.3, -0.25) is 14.6 Å². The van der Waals surface area contributed by atoms with E-state index in [2.05, 4.69) is 23.5 Å². The van der Waals surface area contributed by atoms with Gasteiger partial charge in [0.15, 0.2) is 12.2 Å². The number of rotatable bonds is 11. The fraction of sp³-hybridized carbons (Fsp3) is 0.367. The zero-order valence-corrected chi connectivity index (χ0v) is 23.5. The van der Waals surface area contributed by atoms with Gasteiger partial charge in [-0.2, -0.15) is 0 Å². The smallest absolute Gasteiger partial charge is 0.255 e. The average molecular weight is 556 g/mol. The number of para-hydroxylation sites is 1. The van der Waals surface area contributed by atoms with E-state index in [4.69, 9.17) is 16.3 Å². The van der Waals surface area contributed by atoms with Crippen molar-refractivity contribution in [3.05, 3.63) is 84.1 Å². The number of aliphatic hydroxyl groups is 2. The van der Waals surface area contributed by atoms with E-state index in [1.165, 1.54) is 4.90 Å². The minimum absolute atomic E-state index is 0.0635. The van der Waals surface area contributed by atoms with E-state index in [1.54, 1.807) is 31.5 Å². The molecule has 1 aromatic heterocycles. The summed E-state index contributed by atoms with van der Waals surface area (Å²) < 4.78 is 5.37. The van der Waals surface area contributed by atoms with E-state index in [0.717, 1.165) is 17.6 Å². The van der Waals surface area contributed by atoms with Crippen LogP contribution in [0, 0.1) is 0 Å². The topological polar surface area (TPSA) is 112 Å². The lowest BCUT2D eigenvalue weighted by atomic mass is 10.0. The van der Waals surface area contributed by atoms with Gasteiger partial charge in [0.2, 0.25) is 0 Å². The summed E-state index contributed by atoms with van der Waals surface area (Å²) in [6.07, 6.45) is 3.06. The molecule has 0 spiro atoms. The zero-order valence-electron chi connectivity index (χ0n) is 22.8. The van der Waals surface area contributed by atoms with Gasteiger partial charge in [-0.05, 0) is 42.2 Å². The molecular weight excluding hydrogens is 518 g/mol. The van der Waals surface area contributed by atoms with Crippen molar-refractivity contribution in [1.29, 1.82) is 0 Å². The third-order valence-electron chi connectivity index (χ3n) is 6.21. The third kappa shape index (κ3) is 8.51. The quantitative estimate of drug-likeness (QED) is 0.355. The molecule has 3 N–H and O–H groups in total. The van der Waals surface area contributed by atoms with Crippen LogP contribution in [-0.4, -0.2) is 63.8 Å². The maximum absolute atomic E-state index is 13.0. The number of nitrogens with zero attached hydrogens (tertiary/aromatic N) is 2. The minimum Gasteiger partial charge on any atom is -0.496 e. The number of ether oxygens (including phenoxy) is 1. The number of halogens is 1. The molecule has 1 fully saturated rings. The predicted molar refractivity (Wildman–Crippen MR) is 154 cm³/mol. The number of methoxy groups -OCH3 is 1. The number of nitrogens with one attached hydrogen (secondary N) is 1. The molecule has 3 atom stereocenters.